The van der Waals surface area contributed by atoms with E-state index in [2.05, 4.69) is 54.4 Å². The molecule has 1 saturated heterocycles. The third-order valence-electron chi connectivity index (χ3n) is 4.30. The molecule has 1 aliphatic heterocycles. The maximum absolute atomic E-state index is 4.39. The van der Waals surface area contributed by atoms with Crippen LogP contribution < -0.4 is 5.32 Å². The summed E-state index contributed by atoms with van der Waals surface area (Å²) in [6.07, 6.45) is 5.24. The molecule has 2 heterocycles. The van der Waals surface area contributed by atoms with Gasteiger partial charge in [0.1, 0.15) is 0 Å². The maximum atomic E-state index is 4.39. The molecular formula is C15H29N5. The van der Waals surface area contributed by atoms with E-state index in [1.165, 1.54) is 12.1 Å². The van der Waals surface area contributed by atoms with Gasteiger partial charge in [0.05, 0.1) is 6.20 Å². The normalized spacial score (nSPS) is 23.1. The smallest absolute Gasteiger partial charge is 0.0522 e. The summed E-state index contributed by atoms with van der Waals surface area (Å²) in [5.41, 5.74) is 1.33. The molecule has 2 atom stereocenters. The predicted octanol–water partition coefficient (Wildman–Crippen LogP) is 0.669. The average molecular weight is 279 g/mol. The minimum Gasteiger partial charge on any atom is -0.312 e. The molecule has 5 nitrogen and oxygen atoms in total. The van der Waals surface area contributed by atoms with Crippen molar-refractivity contribution in [2.75, 3.05) is 40.3 Å². The molecule has 1 fully saturated rings. The van der Waals surface area contributed by atoms with Crippen LogP contribution in [0.5, 0.6) is 0 Å². The van der Waals surface area contributed by atoms with Gasteiger partial charge in [-0.2, -0.15) is 5.10 Å². The van der Waals surface area contributed by atoms with Crippen molar-refractivity contribution in [3.8, 4) is 0 Å². The number of nitrogens with zero attached hydrogens (tertiary/aromatic N) is 4. The number of hydrogen-bond acceptors (Lipinski definition) is 4. The van der Waals surface area contributed by atoms with Crippen LogP contribution in [0, 0.1) is 0 Å². The zero-order chi connectivity index (χ0) is 14.5. The van der Waals surface area contributed by atoms with E-state index in [0.717, 1.165) is 32.6 Å². The fraction of sp³-hybridized carbons (Fsp3) is 0.800. The fourth-order valence-electron chi connectivity index (χ4n) is 3.02. The standard InChI is InChI=1S/C15H29N5/c1-5-16-14(9-13-10-17-20(6-2)11-13)15-12-18(3)7-8-19(15)4/h10-11,14-16H,5-9,12H2,1-4H3. The molecular weight excluding hydrogens is 250 g/mol. The molecule has 0 aromatic carbocycles. The van der Waals surface area contributed by atoms with Gasteiger partial charge in [-0.15, -0.1) is 0 Å². The summed E-state index contributed by atoms with van der Waals surface area (Å²) in [5.74, 6) is 0. The molecule has 0 amide bonds. The molecule has 2 rings (SSSR count). The largest absolute Gasteiger partial charge is 0.312 e. The Labute approximate surface area is 122 Å². The number of nitrogens with one attached hydrogen (secondary N) is 1. The third-order valence-corrected chi connectivity index (χ3v) is 4.30. The van der Waals surface area contributed by atoms with Crippen molar-refractivity contribution in [3.05, 3.63) is 18.0 Å². The van der Waals surface area contributed by atoms with E-state index in [4.69, 9.17) is 0 Å². The second kappa shape index (κ2) is 7.20. The molecule has 20 heavy (non-hydrogen) atoms. The van der Waals surface area contributed by atoms with Gasteiger partial charge in [-0.1, -0.05) is 6.92 Å². The van der Waals surface area contributed by atoms with Gasteiger partial charge in [0, 0.05) is 44.5 Å². The third kappa shape index (κ3) is 3.81. The first-order valence-electron chi connectivity index (χ1n) is 7.77. The zero-order valence-corrected chi connectivity index (χ0v) is 13.3. The lowest BCUT2D eigenvalue weighted by atomic mass is 9.98. The van der Waals surface area contributed by atoms with E-state index in [-0.39, 0.29) is 0 Å². The first kappa shape index (κ1) is 15.5. The second-order valence-electron chi connectivity index (χ2n) is 5.88. The van der Waals surface area contributed by atoms with Crippen LogP contribution in [0.4, 0.5) is 0 Å². The number of aromatic nitrogens is 2. The molecule has 114 valence electrons. The molecule has 2 unspecified atom stereocenters. The highest BCUT2D eigenvalue weighted by Gasteiger charge is 2.29. The Balaban J connectivity index is 2.05. The number of aryl methyl sites for hydroxylation is 1. The average Bonchev–Trinajstić information content (AvgIpc) is 2.89. The van der Waals surface area contributed by atoms with Crippen molar-refractivity contribution in [1.82, 2.24) is 24.9 Å². The lowest BCUT2D eigenvalue weighted by Gasteiger charge is -2.42. The van der Waals surface area contributed by atoms with Crippen molar-refractivity contribution in [2.24, 2.45) is 0 Å². The van der Waals surface area contributed by atoms with Gasteiger partial charge in [-0.3, -0.25) is 9.58 Å². The Morgan fingerprint density at radius 2 is 2.15 bits per heavy atom. The van der Waals surface area contributed by atoms with E-state index in [1.54, 1.807) is 0 Å². The lowest BCUT2D eigenvalue weighted by Crippen LogP contribution is -2.59. The zero-order valence-electron chi connectivity index (χ0n) is 13.3. The molecule has 1 N–H and O–H groups in total. The van der Waals surface area contributed by atoms with Gasteiger partial charge < -0.3 is 10.2 Å². The maximum Gasteiger partial charge on any atom is 0.0522 e. The second-order valence-corrected chi connectivity index (χ2v) is 5.88. The van der Waals surface area contributed by atoms with Crippen molar-refractivity contribution in [2.45, 2.75) is 38.9 Å². The number of piperazine rings is 1. The van der Waals surface area contributed by atoms with Crippen LogP contribution in [0.2, 0.25) is 0 Å². The van der Waals surface area contributed by atoms with Crippen LogP contribution in [0.1, 0.15) is 19.4 Å². The molecule has 1 aliphatic rings. The minimum absolute atomic E-state index is 0.488. The van der Waals surface area contributed by atoms with Crippen molar-refractivity contribution in [3.63, 3.8) is 0 Å². The number of likely N-dealkylation sites (N-methyl/N-ethyl adjacent to an activating group) is 3. The monoisotopic (exact) mass is 279 g/mol. The molecule has 0 saturated carbocycles. The number of rotatable bonds is 6. The molecule has 0 radical (unpaired) electrons. The Bertz CT molecular complexity index is 403. The van der Waals surface area contributed by atoms with E-state index in [1.807, 2.05) is 10.9 Å². The van der Waals surface area contributed by atoms with E-state index in [0.29, 0.717) is 12.1 Å². The van der Waals surface area contributed by atoms with Crippen LogP contribution in [0.25, 0.3) is 0 Å². The molecule has 1 aromatic heterocycles. The van der Waals surface area contributed by atoms with Crippen molar-refractivity contribution < 1.29 is 0 Å². The van der Waals surface area contributed by atoms with Gasteiger partial charge in [-0.05, 0) is 39.5 Å². The topological polar surface area (TPSA) is 36.3 Å². The quantitative estimate of drug-likeness (QED) is 0.830. The Morgan fingerprint density at radius 3 is 2.80 bits per heavy atom. The first-order valence-corrected chi connectivity index (χ1v) is 7.77. The van der Waals surface area contributed by atoms with Crippen molar-refractivity contribution in [1.29, 1.82) is 0 Å². The predicted molar refractivity (Wildman–Crippen MR) is 83.0 cm³/mol. The summed E-state index contributed by atoms with van der Waals surface area (Å²) in [6.45, 7) is 9.73. The Kier molecular flexibility index (Phi) is 5.57. The van der Waals surface area contributed by atoms with Crippen molar-refractivity contribution >= 4 is 0 Å². The summed E-state index contributed by atoms with van der Waals surface area (Å²) in [4.78, 5) is 4.93. The van der Waals surface area contributed by atoms with Crippen LogP contribution in [-0.2, 0) is 13.0 Å². The van der Waals surface area contributed by atoms with Gasteiger partial charge in [0.2, 0.25) is 0 Å². The highest BCUT2D eigenvalue weighted by molar-refractivity contribution is 5.08. The molecule has 0 spiro atoms. The molecule has 1 aromatic rings. The van der Waals surface area contributed by atoms with Crippen LogP contribution in [0.3, 0.4) is 0 Å². The summed E-state index contributed by atoms with van der Waals surface area (Å²) < 4.78 is 2.01. The minimum atomic E-state index is 0.488. The molecule has 0 bridgehead atoms. The SMILES string of the molecule is CCNC(Cc1cnn(CC)c1)C1CN(C)CCN1C. The van der Waals surface area contributed by atoms with Gasteiger partial charge in [0.15, 0.2) is 0 Å². The summed E-state index contributed by atoms with van der Waals surface area (Å²) in [7, 11) is 4.47. The summed E-state index contributed by atoms with van der Waals surface area (Å²) in [6, 6.07) is 1.06. The highest BCUT2D eigenvalue weighted by Crippen LogP contribution is 2.14. The van der Waals surface area contributed by atoms with Crippen LogP contribution in [0.15, 0.2) is 12.4 Å². The first-order chi connectivity index (χ1) is 9.63. The van der Waals surface area contributed by atoms with Gasteiger partial charge in [-0.25, -0.2) is 0 Å². The van der Waals surface area contributed by atoms with Gasteiger partial charge in [0.25, 0.3) is 0 Å². The summed E-state index contributed by atoms with van der Waals surface area (Å²) in [5, 5.41) is 8.07. The lowest BCUT2D eigenvalue weighted by molar-refractivity contribution is 0.0881. The molecule has 0 aliphatic carbocycles. The van der Waals surface area contributed by atoms with Crippen LogP contribution in [-0.4, -0.2) is 71.9 Å². The van der Waals surface area contributed by atoms with E-state index in [9.17, 15) is 0 Å². The van der Waals surface area contributed by atoms with Crippen LogP contribution >= 0.6 is 0 Å². The number of hydrogen-bond donors (Lipinski definition) is 1. The highest BCUT2D eigenvalue weighted by atomic mass is 15.3. The Morgan fingerprint density at radius 1 is 1.35 bits per heavy atom. The van der Waals surface area contributed by atoms with E-state index >= 15 is 0 Å². The summed E-state index contributed by atoms with van der Waals surface area (Å²) >= 11 is 0. The van der Waals surface area contributed by atoms with Gasteiger partial charge >= 0.3 is 0 Å². The van der Waals surface area contributed by atoms with E-state index < -0.39 is 0 Å². The molecule has 5 heteroatoms. The fourth-order valence-corrected chi connectivity index (χ4v) is 3.02. The Hall–Kier alpha value is -0.910.